The molecular weight excluding hydrogens is 444 g/mol. The molecule has 4 aliphatic rings. The average Bonchev–Trinajstić information content (AvgIpc) is 2.81. The molecule has 0 amide bonds. The molecule has 0 aromatic heterocycles. The van der Waals surface area contributed by atoms with Crippen molar-refractivity contribution in [3.8, 4) is 0 Å². The van der Waals surface area contributed by atoms with Gasteiger partial charge in [-0.25, -0.2) is 0 Å². The van der Waals surface area contributed by atoms with Crippen LogP contribution in [0.15, 0.2) is 0 Å². The standard InChI is InChI=1S/C32H60N2O2/c1-23-19-33(27-13-9-25(10-14-27)31(3,4)5)21-29(35-23)17-18-30-22-34(20-24(2)36-30)28-15-11-26(12-16-28)32(6,7)8/h23-30H,9-22H2,1-8H3. The van der Waals surface area contributed by atoms with E-state index in [2.05, 4.69) is 65.2 Å². The zero-order valence-electron chi connectivity index (χ0n) is 25.2. The number of nitrogens with zero attached hydrogens (tertiary/aromatic N) is 2. The first-order valence-corrected chi connectivity index (χ1v) is 15.7. The molecule has 2 aliphatic carbocycles. The third-order valence-corrected chi connectivity index (χ3v) is 10.4. The van der Waals surface area contributed by atoms with Crippen molar-refractivity contribution >= 4 is 0 Å². The molecule has 4 rings (SSSR count). The molecule has 4 atom stereocenters. The van der Waals surface area contributed by atoms with Gasteiger partial charge in [-0.2, -0.15) is 0 Å². The third-order valence-electron chi connectivity index (χ3n) is 10.4. The molecule has 210 valence electrons. The van der Waals surface area contributed by atoms with E-state index in [1.165, 1.54) is 51.4 Å². The van der Waals surface area contributed by atoms with E-state index in [1.807, 2.05) is 0 Å². The Morgan fingerprint density at radius 3 is 1.17 bits per heavy atom. The van der Waals surface area contributed by atoms with Gasteiger partial charge in [-0.15, -0.1) is 0 Å². The van der Waals surface area contributed by atoms with Crippen LogP contribution in [0.2, 0.25) is 0 Å². The highest BCUT2D eigenvalue weighted by Gasteiger charge is 2.37. The van der Waals surface area contributed by atoms with Crippen molar-refractivity contribution in [3.63, 3.8) is 0 Å². The van der Waals surface area contributed by atoms with Crippen LogP contribution in [0.1, 0.15) is 120 Å². The molecule has 0 aromatic carbocycles. The van der Waals surface area contributed by atoms with Gasteiger partial charge >= 0.3 is 0 Å². The van der Waals surface area contributed by atoms with E-state index in [-0.39, 0.29) is 0 Å². The van der Waals surface area contributed by atoms with Crippen molar-refractivity contribution in [2.45, 2.75) is 156 Å². The molecule has 2 saturated carbocycles. The molecule has 2 saturated heterocycles. The van der Waals surface area contributed by atoms with Gasteiger partial charge in [0.2, 0.25) is 0 Å². The maximum absolute atomic E-state index is 6.48. The number of hydrogen-bond acceptors (Lipinski definition) is 4. The highest BCUT2D eigenvalue weighted by molar-refractivity contribution is 4.90. The maximum atomic E-state index is 6.48. The summed E-state index contributed by atoms with van der Waals surface area (Å²) in [5.74, 6) is 1.78. The van der Waals surface area contributed by atoms with E-state index in [0.717, 1.165) is 62.9 Å². The molecule has 0 spiro atoms. The second kappa shape index (κ2) is 11.9. The number of morpholine rings is 2. The summed E-state index contributed by atoms with van der Waals surface area (Å²) in [6.45, 7) is 23.6. The van der Waals surface area contributed by atoms with Crippen LogP contribution in [0.25, 0.3) is 0 Å². The summed E-state index contributed by atoms with van der Waals surface area (Å²) < 4.78 is 13.0. The molecule has 4 nitrogen and oxygen atoms in total. The predicted molar refractivity (Wildman–Crippen MR) is 151 cm³/mol. The molecule has 2 aliphatic heterocycles. The molecule has 4 unspecified atom stereocenters. The summed E-state index contributed by atoms with van der Waals surface area (Å²) in [7, 11) is 0. The van der Waals surface area contributed by atoms with Gasteiger partial charge in [0.05, 0.1) is 24.4 Å². The molecular formula is C32H60N2O2. The van der Waals surface area contributed by atoms with Gasteiger partial charge in [-0.1, -0.05) is 41.5 Å². The van der Waals surface area contributed by atoms with Crippen LogP contribution in [0, 0.1) is 22.7 Å². The predicted octanol–water partition coefficient (Wildman–Crippen LogP) is 7.16. The van der Waals surface area contributed by atoms with E-state index >= 15 is 0 Å². The van der Waals surface area contributed by atoms with Gasteiger partial charge < -0.3 is 9.47 Å². The minimum absolute atomic E-state index is 0.352. The third kappa shape index (κ3) is 7.70. The highest BCUT2D eigenvalue weighted by Crippen LogP contribution is 2.41. The van der Waals surface area contributed by atoms with Gasteiger partial charge in [-0.05, 0) is 101 Å². The van der Waals surface area contributed by atoms with Gasteiger partial charge in [0.15, 0.2) is 0 Å². The lowest BCUT2D eigenvalue weighted by Gasteiger charge is -2.46. The van der Waals surface area contributed by atoms with E-state index in [9.17, 15) is 0 Å². The fourth-order valence-corrected chi connectivity index (χ4v) is 8.06. The zero-order valence-corrected chi connectivity index (χ0v) is 25.2. The monoisotopic (exact) mass is 504 g/mol. The lowest BCUT2D eigenvalue weighted by molar-refractivity contribution is -0.119. The number of hydrogen-bond donors (Lipinski definition) is 0. The van der Waals surface area contributed by atoms with Crippen LogP contribution in [0.4, 0.5) is 0 Å². The molecule has 0 bridgehead atoms. The van der Waals surface area contributed by atoms with Crippen molar-refractivity contribution < 1.29 is 9.47 Å². The SMILES string of the molecule is CC1CN(C2CCC(C(C)(C)C)CC2)CC(CCC2CN(C3CCC(C(C)(C)C)CC3)CC(C)O2)O1. The quantitative estimate of drug-likeness (QED) is 0.397. The van der Waals surface area contributed by atoms with E-state index in [1.54, 1.807) is 0 Å². The Hall–Kier alpha value is -0.160. The Morgan fingerprint density at radius 2 is 0.861 bits per heavy atom. The fourth-order valence-electron chi connectivity index (χ4n) is 8.06. The summed E-state index contributed by atoms with van der Waals surface area (Å²) in [6.07, 6.45) is 14.8. The van der Waals surface area contributed by atoms with Gasteiger partial charge in [0.25, 0.3) is 0 Å². The molecule has 36 heavy (non-hydrogen) atoms. The van der Waals surface area contributed by atoms with Crippen LogP contribution in [-0.4, -0.2) is 72.5 Å². The van der Waals surface area contributed by atoms with Crippen molar-refractivity contribution in [3.05, 3.63) is 0 Å². The van der Waals surface area contributed by atoms with Crippen LogP contribution >= 0.6 is 0 Å². The van der Waals surface area contributed by atoms with Crippen LogP contribution in [-0.2, 0) is 9.47 Å². The van der Waals surface area contributed by atoms with E-state index < -0.39 is 0 Å². The summed E-state index contributed by atoms with van der Waals surface area (Å²) in [4.78, 5) is 5.59. The average molecular weight is 505 g/mol. The van der Waals surface area contributed by atoms with Crippen molar-refractivity contribution in [2.24, 2.45) is 22.7 Å². The molecule has 0 aromatic rings. The Kier molecular flexibility index (Phi) is 9.55. The van der Waals surface area contributed by atoms with Crippen molar-refractivity contribution in [1.82, 2.24) is 9.80 Å². The first kappa shape index (κ1) is 28.8. The van der Waals surface area contributed by atoms with Crippen molar-refractivity contribution in [1.29, 1.82) is 0 Å². The Balaban J connectivity index is 1.24. The summed E-state index contributed by atoms with van der Waals surface area (Å²) >= 11 is 0. The first-order valence-electron chi connectivity index (χ1n) is 15.7. The fraction of sp³-hybridized carbons (Fsp3) is 1.00. The second-order valence-electron chi connectivity index (χ2n) is 15.4. The molecule has 4 heteroatoms. The Labute approximate surface area is 224 Å². The zero-order chi connectivity index (χ0) is 26.1. The minimum Gasteiger partial charge on any atom is -0.373 e. The summed E-state index contributed by atoms with van der Waals surface area (Å²) in [6, 6.07) is 1.53. The smallest absolute Gasteiger partial charge is 0.0707 e. The lowest BCUT2D eigenvalue weighted by Crippen LogP contribution is -2.53. The number of rotatable bonds is 5. The molecule has 4 fully saturated rings. The summed E-state index contributed by atoms with van der Waals surface area (Å²) in [5.41, 5.74) is 0.922. The Bertz CT molecular complexity index is 609. The van der Waals surface area contributed by atoms with E-state index in [4.69, 9.17) is 9.47 Å². The van der Waals surface area contributed by atoms with Gasteiger partial charge in [0, 0.05) is 38.3 Å². The normalized spacial score (nSPS) is 40.3. The maximum Gasteiger partial charge on any atom is 0.0707 e. The largest absolute Gasteiger partial charge is 0.373 e. The Morgan fingerprint density at radius 1 is 0.528 bits per heavy atom. The first-order chi connectivity index (χ1) is 16.9. The lowest BCUT2D eigenvalue weighted by atomic mass is 9.71. The van der Waals surface area contributed by atoms with Gasteiger partial charge in [-0.3, -0.25) is 9.80 Å². The molecule has 2 heterocycles. The topological polar surface area (TPSA) is 24.9 Å². The highest BCUT2D eigenvalue weighted by atomic mass is 16.5. The van der Waals surface area contributed by atoms with Crippen molar-refractivity contribution in [2.75, 3.05) is 26.2 Å². The minimum atomic E-state index is 0.352. The van der Waals surface area contributed by atoms with Crippen LogP contribution in [0.5, 0.6) is 0 Å². The van der Waals surface area contributed by atoms with E-state index in [0.29, 0.717) is 35.2 Å². The van der Waals surface area contributed by atoms with Crippen LogP contribution < -0.4 is 0 Å². The van der Waals surface area contributed by atoms with Crippen LogP contribution in [0.3, 0.4) is 0 Å². The number of ether oxygens (including phenoxy) is 2. The van der Waals surface area contributed by atoms with Gasteiger partial charge in [0.1, 0.15) is 0 Å². The summed E-state index contributed by atoms with van der Waals surface area (Å²) in [5, 5.41) is 0. The molecule has 0 N–H and O–H groups in total. The molecule has 0 radical (unpaired) electrons. The second-order valence-corrected chi connectivity index (χ2v) is 15.4.